The monoisotopic (exact) mass is 512 g/mol. The lowest BCUT2D eigenvalue weighted by Gasteiger charge is -2.26. The number of hydrogen-bond donors (Lipinski definition) is 0. The van der Waals surface area contributed by atoms with Crippen LogP contribution in [0.25, 0.3) is 22.5 Å². The summed E-state index contributed by atoms with van der Waals surface area (Å²) in [5.41, 5.74) is 4.45. The van der Waals surface area contributed by atoms with E-state index in [1.54, 1.807) is 0 Å². The Hall–Kier alpha value is -3.01. The smallest absolute Gasteiger partial charge is 0.314 e. The van der Waals surface area contributed by atoms with Crippen molar-refractivity contribution < 1.29 is 9.53 Å². The van der Waals surface area contributed by atoms with Crippen LogP contribution in [0.1, 0.15) is 96.5 Å². The molecule has 0 spiro atoms. The van der Waals surface area contributed by atoms with Crippen molar-refractivity contribution >= 4 is 5.97 Å². The van der Waals surface area contributed by atoms with Gasteiger partial charge in [-0.2, -0.15) is 0 Å². The number of carbonyl (C=O) groups is 1. The van der Waals surface area contributed by atoms with Crippen LogP contribution in [0.5, 0.6) is 5.75 Å². The third kappa shape index (κ3) is 8.24. The second kappa shape index (κ2) is 14.8. The molecular formula is C34H44N2O2. The van der Waals surface area contributed by atoms with Crippen LogP contribution in [0.3, 0.4) is 0 Å². The molecule has 4 heteroatoms. The summed E-state index contributed by atoms with van der Waals surface area (Å²) < 4.78 is 5.68. The van der Waals surface area contributed by atoms with Crippen LogP contribution in [0.15, 0.2) is 60.9 Å². The summed E-state index contributed by atoms with van der Waals surface area (Å²) in [4.78, 5) is 21.8. The Balaban J connectivity index is 1.25. The van der Waals surface area contributed by atoms with E-state index in [1.807, 2.05) is 36.7 Å². The summed E-state index contributed by atoms with van der Waals surface area (Å²) in [7, 11) is 0. The van der Waals surface area contributed by atoms with E-state index in [2.05, 4.69) is 48.1 Å². The average Bonchev–Trinajstić information content (AvgIpc) is 2.95. The summed E-state index contributed by atoms with van der Waals surface area (Å²) in [5.74, 6) is 1.56. The lowest BCUT2D eigenvalue weighted by molar-refractivity contribution is -0.141. The fourth-order valence-electron chi connectivity index (χ4n) is 5.48. The van der Waals surface area contributed by atoms with Gasteiger partial charge in [0, 0.05) is 23.5 Å². The van der Waals surface area contributed by atoms with Crippen molar-refractivity contribution in [2.75, 3.05) is 0 Å². The maximum absolute atomic E-state index is 12.6. The molecule has 0 unspecified atom stereocenters. The SMILES string of the molecule is CCCCCCCCCCc1ccc(-c2cnc(-c3ccc(OC(=O)[C@H]4CCCC[C@H]4C)cc3)nc2)cc1. The highest BCUT2D eigenvalue weighted by Gasteiger charge is 2.29. The molecule has 0 radical (unpaired) electrons. The van der Waals surface area contributed by atoms with E-state index in [4.69, 9.17) is 4.74 Å². The number of unbranched alkanes of at least 4 members (excludes halogenated alkanes) is 7. The first-order valence-electron chi connectivity index (χ1n) is 14.9. The van der Waals surface area contributed by atoms with Crippen LogP contribution in [-0.4, -0.2) is 15.9 Å². The zero-order valence-electron chi connectivity index (χ0n) is 23.3. The van der Waals surface area contributed by atoms with E-state index >= 15 is 0 Å². The molecule has 0 saturated heterocycles. The number of aryl methyl sites for hydroxylation is 1. The Bertz CT molecular complexity index is 1110. The van der Waals surface area contributed by atoms with Gasteiger partial charge in [-0.1, -0.05) is 95.9 Å². The topological polar surface area (TPSA) is 52.1 Å². The van der Waals surface area contributed by atoms with E-state index in [-0.39, 0.29) is 11.9 Å². The zero-order valence-corrected chi connectivity index (χ0v) is 23.3. The van der Waals surface area contributed by atoms with E-state index in [9.17, 15) is 4.79 Å². The number of rotatable bonds is 13. The summed E-state index contributed by atoms with van der Waals surface area (Å²) in [6, 6.07) is 16.3. The number of hydrogen-bond acceptors (Lipinski definition) is 4. The molecule has 1 aromatic heterocycles. The second-order valence-corrected chi connectivity index (χ2v) is 11.0. The Labute approximate surface area is 229 Å². The molecule has 202 valence electrons. The predicted molar refractivity (Wildman–Crippen MR) is 156 cm³/mol. The highest BCUT2D eigenvalue weighted by atomic mass is 16.5. The Morgan fingerprint density at radius 1 is 0.763 bits per heavy atom. The third-order valence-corrected chi connectivity index (χ3v) is 8.00. The molecule has 0 amide bonds. The van der Waals surface area contributed by atoms with Crippen molar-refractivity contribution in [2.45, 2.75) is 97.3 Å². The molecule has 38 heavy (non-hydrogen) atoms. The van der Waals surface area contributed by atoms with Gasteiger partial charge in [-0.25, -0.2) is 9.97 Å². The lowest BCUT2D eigenvalue weighted by atomic mass is 9.80. The number of aromatic nitrogens is 2. The molecule has 2 atom stereocenters. The number of carbonyl (C=O) groups excluding carboxylic acids is 1. The first kappa shape index (κ1) is 28.0. The first-order chi connectivity index (χ1) is 18.6. The fraction of sp³-hybridized carbons (Fsp3) is 0.500. The van der Waals surface area contributed by atoms with Crippen LogP contribution >= 0.6 is 0 Å². The highest BCUT2D eigenvalue weighted by Crippen LogP contribution is 2.31. The summed E-state index contributed by atoms with van der Waals surface area (Å²) >= 11 is 0. The largest absolute Gasteiger partial charge is 0.426 e. The van der Waals surface area contributed by atoms with Crippen LogP contribution in [0.4, 0.5) is 0 Å². The molecule has 1 aliphatic carbocycles. The van der Waals surface area contributed by atoms with E-state index in [1.165, 1.54) is 63.4 Å². The van der Waals surface area contributed by atoms with Crippen LogP contribution < -0.4 is 4.74 Å². The van der Waals surface area contributed by atoms with Gasteiger partial charge < -0.3 is 4.74 Å². The molecule has 3 aromatic rings. The minimum Gasteiger partial charge on any atom is -0.426 e. The van der Waals surface area contributed by atoms with Gasteiger partial charge in [0.15, 0.2) is 5.82 Å². The van der Waals surface area contributed by atoms with Crippen molar-refractivity contribution in [1.82, 2.24) is 9.97 Å². The van der Waals surface area contributed by atoms with Gasteiger partial charge in [0.2, 0.25) is 0 Å². The Morgan fingerprint density at radius 3 is 2.03 bits per heavy atom. The number of ether oxygens (including phenoxy) is 1. The van der Waals surface area contributed by atoms with E-state index in [0.717, 1.165) is 42.4 Å². The van der Waals surface area contributed by atoms with Gasteiger partial charge in [-0.05, 0) is 67.0 Å². The normalized spacial score (nSPS) is 17.3. The molecular weight excluding hydrogens is 468 g/mol. The molecule has 1 saturated carbocycles. The van der Waals surface area contributed by atoms with Crippen molar-refractivity contribution in [1.29, 1.82) is 0 Å². The minimum atomic E-state index is -0.102. The van der Waals surface area contributed by atoms with E-state index in [0.29, 0.717) is 17.5 Å². The summed E-state index contributed by atoms with van der Waals surface area (Å²) in [6.07, 6.45) is 20.1. The van der Waals surface area contributed by atoms with E-state index < -0.39 is 0 Å². The average molecular weight is 513 g/mol. The van der Waals surface area contributed by atoms with Gasteiger partial charge >= 0.3 is 5.97 Å². The zero-order chi connectivity index (χ0) is 26.6. The van der Waals surface area contributed by atoms with Crippen molar-refractivity contribution in [3.8, 4) is 28.3 Å². The standard InChI is InChI=1S/C34H44N2O2/c1-3-4-5-6-7-8-9-10-14-27-16-18-28(19-17-27)30-24-35-33(36-25-30)29-20-22-31(23-21-29)38-34(37)32-15-12-11-13-26(32)2/h16-26,32H,3-15H2,1-2H3/t26-,32+/m1/s1. The van der Waals surface area contributed by atoms with Crippen molar-refractivity contribution in [2.24, 2.45) is 11.8 Å². The van der Waals surface area contributed by atoms with Gasteiger partial charge in [-0.3, -0.25) is 4.79 Å². The predicted octanol–water partition coefficient (Wildman–Crippen LogP) is 9.23. The van der Waals surface area contributed by atoms with Crippen molar-refractivity contribution in [3.63, 3.8) is 0 Å². The van der Waals surface area contributed by atoms with Crippen LogP contribution in [0, 0.1) is 11.8 Å². The van der Waals surface area contributed by atoms with Crippen LogP contribution in [0.2, 0.25) is 0 Å². The third-order valence-electron chi connectivity index (χ3n) is 8.00. The van der Waals surface area contributed by atoms with Gasteiger partial charge in [0.05, 0.1) is 5.92 Å². The lowest BCUT2D eigenvalue weighted by Crippen LogP contribution is -2.28. The second-order valence-electron chi connectivity index (χ2n) is 11.0. The minimum absolute atomic E-state index is 0.0125. The van der Waals surface area contributed by atoms with Crippen LogP contribution in [-0.2, 0) is 11.2 Å². The van der Waals surface area contributed by atoms with Gasteiger partial charge in [-0.15, -0.1) is 0 Å². The molecule has 0 bridgehead atoms. The number of esters is 1. The summed E-state index contributed by atoms with van der Waals surface area (Å²) in [5, 5.41) is 0. The maximum atomic E-state index is 12.6. The fourth-order valence-corrected chi connectivity index (χ4v) is 5.48. The molecule has 1 fully saturated rings. The Kier molecular flexibility index (Phi) is 10.9. The molecule has 2 aromatic carbocycles. The van der Waals surface area contributed by atoms with Crippen molar-refractivity contribution in [3.05, 3.63) is 66.5 Å². The summed E-state index contributed by atoms with van der Waals surface area (Å²) in [6.45, 7) is 4.43. The first-order valence-corrected chi connectivity index (χ1v) is 14.9. The number of nitrogens with zero attached hydrogens (tertiary/aromatic N) is 2. The maximum Gasteiger partial charge on any atom is 0.314 e. The highest BCUT2D eigenvalue weighted by molar-refractivity contribution is 5.75. The molecule has 1 heterocycles. The van der Waals surface area contributed by atoms with Gasteiger partial charge in [0.1, 0.15) is 5.75 Å². The molecule has 4 rings (SSSR count). The Morgan fingerprint density at radius 2 is 1.37 bits per heavy atom. The molecule has 1 aliphatic rings. The molecule has 0 aliphatic heterocycles. The molecule has 4 nitrogen and oxygen atoms in total. The van der Waals surface area contributed by atoms with Gasteiger partial charge in [0.25, 0.3) is 0 Å². The quantitative estimate of drug-likeness (QED) is 0.130. The number of benzene rings is 2. The molecule has 0 N–H and O–H groups in total.